The number of Topliss-reactive ketones (excluding diaryl/α,β-unsaturated/α-hetero) is 1. The van der Waals surface area contributed by atoms with Crippen LogP contribution in [0, 0.1) is 20.8 Å². The SMILES string of the molecule is Cc1cccc(C2/C(=C(\O)c3cc(C)ccc3C)C(=O)C(=O)N2c2ccc(CC(=O)OC(C)C)cc2)c1. The summed E-state index contributed by atoms with van der Waals surface area (Å²) in [6.45, 7) is 9.29. The first-order valence-electron chi connectivity index (χ1n) is 12.3. The number of esters is 1. The summed E-state index contributed by atoms with van der Waals surface area (Å²) in [5.74, 6) is -1.99. The van der Waals surface area contributed by atoms with Crippen molar-refractivity contribution in [1.82, 2.24) is 0 Å². The zero-order chi connectivity index (χ0) is 26.9. The molecule has 0 spiro atoms. The van der Waals surface area contributed by atoms with Crippen molar-refractivity contribution < 1.29 is 24.2 Å². The van der Waals surface area contributed by atoms with Crippen molar-refractivity contribution in [2.75, 3.05) is 4.90 Å². The van der Waals surface area contributed by atoms with Crippen LogP contribution in [-0.2, 0) is 25.5 Å². The third kappa shape index (κ3) is 5.33. The highest BCUT2D eigenvalue weighted by molar-refractivity contribution is 6.51. The van der Waals surface area contributed by atoms with Crippen molar-refractivity contribution in [3.05, 3.63) is 106 Å². The van der Waals surface area contributed by atoms with E-state index in [1.165, 1.54) is 4.90 Å². The van der Waals surface area contributed by atoms with E-state index in [2.05, 4.69) is 0 Å². The van der Waals surface area contributed by atoms with Crippen molar-refractivity contribution in [1.29, 1.82) is 0 Å². The molecule has 3 aromatic carbocycles. The van der Waals surface area contributed by atoms with Gasteiger partial charge in [-0.1, -0.05) is 59.7 Å². The highest BCUT2D eigenvalue weighted by Crippen LogP contribution is 2.42. The van der Waals surface area contributed by atoms with Crippen molar-refractivity contribution >= 4 is 29.1 Å². The number of nitrogens with zero attached hydrogens (tertiary/aromatic N) is 1. The highest BCUT2D eigenvalue weighted by Gasteiger charge is 2.47. The molecule has 37 heavy (non-hydrogen) atoms. The molecule has 0 radical (unpaired) electrons. The van der Waals surface area contributed by atoms with Crippen LogP contribution in [0.15, 0.2) is 72.3 Å². The Morgan fingerprint density at radius 1 is 0.946 bits per heavy atom. The number of rotatable bonds is 6. The molecule has 3 aromatic rings. The number of ketones is 1. The monoisotopic (exact) mass is 497 g/mol. The fraction of sp³-hybridized carbons (Fsp3) is 0.258. The molecule has 1 aliphatic heterocycles. The van der Waals surface area contributed by atoms with Crippen LogP contribution in [0.5, 0.6) is 0 Å². The van der Waals surface area contributed by atoms with Gasteiger partial charge in [-0.2, -0.15) is 0 Å². The third-order valence-corrected chi connectivity index (χ3v) is 6.38. The van der Waals surface area contributed by atoms with Crippen LogP contribution in [-0.4, -0.2) is 28.9 Å². The Hall–Kier alpha value is -4.19. The number of benzene rings is 3. The number of hydrogen-bond acceptors (Lipinski definition) is 5. The molecule has 4 rings (SSSR count). The number of amides is 1. The van der Waals surface area contributed by atoms with Gasteiger partial charge in [0.05, 0.1) is 24.1 Å². The molecule has 190 valence electrons. The Balaban J connectivity index is 1.82. The topological polar surface area (TPSA) is 83.9 Å². The second kappa shape index (κ2) is 10.4. The number of carbonyl (C=O) groups is 3. The Bertz CT molecular complexity index is 1400. The van der Waals surface area contributed by atoms with Gasteiger partial charge in [-0.15, -0.1) is 0 Å². The summed E-state index contributed by atoms with van der Waals surface area (Å²) >= 11 is 0. The van der Waals surface area contributed by atoms with Gasteiger partial charge < -0.3 is 9.84 Å². The molecule has 1 fully saturated rings. The van der Waals surface area contributed by atoms with Crippen molar-refractivity contribution in [2.24, 2.45) is 0 Å². The summed E-state index contributed by atoms with van der Waals surface area (Å²) in [6, 6.07) is 19.3. The fourth-order valence-corrected chi connectivity index (χ4v) is 4.64. The van der Waals surface area contributed by atoms with Crippen molar-refractivity contribution in [3.8, 4) is 0 Å². The standard InChI is InChI=1S/C31H31NO5/c1-18(2)37-26(33)17-22-11-13-24(14-12-22)32-28(23-8-6-7-19(3)15-23)27(30(35)31(32)36)29(34)25-16-20(4)9-10-21(25)5/h6-16,18,28,34H,17H2,1-5H3/b29-27+. The maximum absolute atomic E-state index is 13.4. The maximum Gasteiger partial charge on any atom is 0.310 e. The van der Waals surface area contributed by atoms with Gasteiger partial charge in [-0.05, 0) is 69.5 Å². The number of aryl methyl sites for hydroxylation is 3. The van der Waals surface area contributed by atoms with E-state index in [1.807, 2.05) is 63.2 Å². The van der Waals surface area contributed by atoms with Crippen LogP contribution in [0.25, 0.3) is 5.76 Å². The second-order valence-corrected chi connectivity index (χ2v) is 9.78. The second-order valence-electron chi connectivity index (χ2n) is 9.78. The molecular formula is C31H31NO5. The number of anilines is 1. The molecule has 1 unspecified atom stereocenters. The van der Waals surface area contributed by atoms with E-state index in [1.54, 1.807) is 38.1 Å². The molecule has 1 atom stereocenters. The van der Waals surface area contributed by atoms with Crippen molar-refractivity contribution in [3.63, 3.8) is 0 Å². The Labute approximate surface area is 217 Å². The highest BCUT2D eigenvalue weighted by atomic mass is 16.5. The lowest BCUT2D eigenvalue weighted by atomic mass is 9.92. The van der Waals surface area contributed by atoms with Crippen LogP contribution >= 0.6 is 0 Å². The summed E-state index contributed by atoms with van der Waals surface area (Å²) in [4.78, 5) is 40.3. The molecule has 0 aromatic heterocycles. The minimum absolute atomic E-state index is 0.0499. The smallest absolute Gasteiger partial charge is 0.310 e. The van der Waals surface area contributed by atoms with Crippen LogP contribution in [0.2, 0.25) is 0 Å². The molecule has 0 saturated carbocycles. The molecule has 6 nitrogen and oxygen atoms in total. The summed E-state index contributed by atoms with van der Waals surface area (Å²) in [5.41, 5.74) is 5.21. The van der Waals surface area contributed by atoms with Gasteiger partial charge in [-0.3, -0.25) is 19.3 Å². The lowest BCUT2D eigenvalue weighted by Gasteiger charge is -2.26. The van der Waals surface area contributed by atoms with Gasteiger partial charge in [-0.25, -0.2) is 0 Å². The van der Waals surface area contributed by atoms with Gasteiger partial charge in [0.15, 0.2) is 0 Å². The molecule has 1 saturated heterocycles. The van der Waals surface area contributed by atoms with Crippen LogP contribution in [0.3, 0.4) is 0 Å². The molecule has 6 heteroatoms. The van der Waals surface area contributed by atoms with Crippen LogP contribution in [0.4, 0.5) is 5.69 Å². The van der Waals surface area contributed by atoms with E-state index in [4.69, 9.17) is 4.74 Å². The van der Waals surface area contributed by atoms with Gasteiger partial charge in [0.1, 0.15) is 5.76 Å². The average molecular weight is 498 g/mol. The van der Waals surface area contributed by atoms with Gasteiger partial charge in [0.2, 0.25) is 0 Å². The quantitative estimate of drug-likeness (QED) is 0.203. The minimum atomic E-state index is -0.809. The van der Waals surface area contributed by atoms with E-state index in [0.717, 1.165) is 27.8 Å². The lowest BCUT2D eigenvalue weighted by molar-refractivity contribution is -0.146. The van der Waals surface area contributed by atoms with E-state index >= 15 is 0 Å². The van der Waals surface area contributed by atoms with E-state index in [9.17, 15) is 19.5 Å². The van der Waals surface area contributed by atoms with E-state index < -0.39 is 17.7 Å². The van der Waals surface area contributed by atoms with Crippen LogP contribution in [0.1, 0.15) is 53.3 Å². The Morgan fingerprint density at radius 3 is 2.27 bits per heavy atom. The number of ether oxygens (including phenoxy) is 1. The first-order valence-corrected chi connectivity index (χ1v) is 12.3. The molecule has 0 bridgehead atoms. The van der Waals surface area contributed by atoms with Crippen LogP contribution < -0.4 is 4.90 Å². The zero-order valence-corrected chi connectivity index (χ0v) is 21.7. The Kier molecular flexibility index (Phi) is 7.30. The van der Waals surface area contributed by atoms with E-state index in [-0.39, 0.29) is 29.8 Å². The average Bonchev–Trinajstić information content (AvgIpc) is 3.10. The minimum Gasteiger partial charge on any atom is -0.507 e. The third-order valence-electron chi connectivity index (χ3n) is 6.38. The number of carbonyl (C=O) groups excluding carboxylic acids is 3. The molecule has 1 aliphatic rings. The molecular weight excluding hydrogens is 466 g/mol. The summed E-state index contributed by atoms with van der Waals surface area (Å²) in [6.07, 6.45) is -0.101. The molecule has 1 amide bonds. The first-order chi connectivity index (χ1) is 17.6. The Morgan fingerprint density at radius 2 is 1.62 bits per heavy atom. The van der Waals surface area contributed by atoms with Gasteiger partial charge >= 0.3 is 5.97 Å². The van der Waals surface area contributed by atoms with Gasteiger partial charge in [0.25, 0.3) is 11.7 Å². The fourth-order valence-electron chi connectivity index (χ4n) is 4.64. The molecule has 1 heterocycles. The number of hydrogen-bond donors (Lipinski definition) is 1. The zero-order valence-electron chi connectivity index (χ0n) is 21.7. The van der Waals surface area contributed by atoms with Crippen molar-refractivity contribution in [2.45, 2.75) is 53.2 Å². The van der Waals surface area contributed by atoms with E-state index in [0.29, 0.717) is 11.3 Å². The summed E-state index contributed by atoms with van der Waals surface area (Å²) in [7, 11) is 0. The summed E-state index contributed by atoms with van der Waals surface area (Å²) in [5, 5.41) is 11.4. The van der Waals surface area contributed by atoms with Gasteiger partial charge in [0, 0.05) is 11.3 Å². The predicted octanol–water partition coefficient (Wildman–Crippen LogP) is 5.73. The maximum atomic E-state index is 13.4. The first kappa shape index (κ1) is 25.9. The normalized spacial score (nSPS) is 16.9. The lowest BCUT2D eigenvalue weighted by Crippen LogP contribution is -2.29. The largest absolute Gasteiger partial charge is 0.507 e. The predicted molar refractivity (Wildman–Crippen MR) is 143 cm³/mol. The molecule has 0 aliphatic carbocycles. The summed E-state index contributed by atoms with van der Waals surface area (Å²) < 4.78 is 5.22. The number of aliphatic hydroxyl groups is 1. The number of aliphatic hydroxyl groups excluding tert-OH is 1. The molecule has 1 N–H and O–H groups in total.